The fraction of sp³-hybridized carbons (Fsp3) is 0.333. The first-order valence-corrected chi connectivity index (χ1v) is 5.11. The molecule has 0 aliphatic carbocycles. The standard InChI is InChI=1S/C9H10N2S/c1-3-10-5-7-6-2-4-12-9(6)11-8(1)7/h2,4,10-11H,1,3,5H2. The molecule has 3 rings (SSSR count). The first-order chi connectivity index (χ1) is 5.95. The van der Waals surface area contributed by atoms with Crippen LogP contribution < -0.4 is 5.32 Å². The molecule has 2 nitrogen and oxygen atoms in total. The van der Waals surface area contributed by atoms with Crippen LogP contribution in [0.25, 0.3) is 10.2 Å². The highest BCUT2D eigenvalue weighted by Gasteiger charge is 2.14. The van der Waals surface area contributed by atoms with E-state index in [0.717, 1.165) is 19.5 Å². The third-order valence-corrected chi connectivity index (χ3v) is 3.30. The van der Waals surface area contributed by atoms with Crippen LogP contribution in [0.15, 0.2) is 11.4 Å². The third kappa shape index (κ3) is 0.778. The van der Waals surface area contributed by atoms with Crippen LogP contribution in [-0.2, 0) is 13.0 Å². The molecule has 2 aromatic rings. The number of aromatic nitrogens is 1. The number of fused-ring (bicyclic) bond motifs is 3. The lowest BCUT2D eigenvalue weighted by Crippen LogP contribution is -2.22. The molecule has 0 saturated heterocycles. The van der Waals surface area contributed by atoms with Gasteiger partial charge in [0.1, 0.15) is 4.83 Å². The number of hydrogen-bond donors (Lipinski definition) is 2. The van der Waals surface area contributed by atoms with E-state index < -0.39 is 0 Å². The summed E-state index contributed by atoms with van der Waals surface area (Å²) in [5.74, 6) is 0. The van der Waals surface area contributed by atoms with Crippen LogP contribution >= 0.6 is 11.3 Å². The molecule has 0 radical (unpaired) electrons. The topological polar surface area (TPSA) is 27.8 Å². The summed E-state index contributed by atoms with van der Waals surface area (Å²) >= 11 is 1.80. The first-order valence-electron chi connectivity index (χ1n) is 4.23. The lowest BCUT2D eigenvalue weighted by Gasteiger charge is -2.12. The summed E-state index contributed by atoms with van der Waals surface area (Å²) in [6, 6.07) is 2.21. The summed E-state index contributed by atoms with van der Waals surface area (Å²) in [4.78, 5) is 4.81. The van der Waals surface area contributed by atoms with Crippen LogP contribution in [0.5, 0.6) is 0 Å². The first kappa shape index (κ1) is 6.69. The second-order valence-electron chi connectivity index (χ2n) is 3.17. The summed E-state index contributed by atoms with van der Waals surface area (Å²) in [5, 5.41) is 6.96. The average molecular weight is 178 g/mol. The van der Waals surface area contributed by atoms with Gasteiger partial charge in [0.2, 0.25) is 0 Å². The second-order valence-corrected chi connectivity index (χ2v) is 4.09. The zero-order valence-electron chi connectivity index (χ0n) is 6.68. The van der Waals surface area contributed by atoms with Crippen molar-refractivity contribution in [3.63, 3.8) is 0 Å². The molecule has 3 heteroatoms. The number of thiophene rings is 1. The lowest BCUT2D eigenvalue weighted by atomic mass is 10.1. The van der Waals surface area contributed by atoms with E-state index in [0.29, 0.717) is 0 Å². The highest BCUT2D eigenvalue weighted by molar-refractivity contribution is 7.16. The summed E-state index contributed by atoms with van der Waals surface area (Å²) in [6.45, 7) is 2.15. The van der Waals surface area contributed by atoms with E-state index >= 15 is 0 Å². The smallest absolute Gasteiger partial charge is 0.100 e. The minimum absolute atomic E-state index is 1.03. The van der Waals surface area contributed by atoms with Crippen molar-refractivity contribution in [3.8, 4) is 0 Å². The van der Waals surface area contributed by atoms with Gasteiger partial charge < -0.3 is 10.3 Å². The van der Waals surface area contributed by atoms with Gasteiger partial charge in [-0.05, 0) is 17.0 Å². The monoisotopic (exact) mass is 178 g/mol. The SMILES string of the molecule is c1cc2c3c([nH]c2s1)CCNC3. The molecule has 0 amide bonds. The molecule has 0 fully saturated rings. The van der Waals surface area contributed by atoms with E-state index in [-0.39, 0.29) is 0 Å². The molecule has 0 bridgehead atoms. The molecule has 1 aliphatic rings. The predicted octanol–water partition coefficient (Wildman–Crippen LogP) is 1.88. The summed E-state index contributed by atoms with van der Waals surface area (Å²) in [5.41, 5.74) is 2.92. The van der Waals surface area contributed by atoms with Crippen molar-refractivity contribution in [1.82, 2.24) is 10.3 Å². The van der Waals surface area contributed by atoms with Gasteiger partial charge in [-0.2, -0.15) is 0 Å². The van der Waals surface area contributed by atoms with Crippen molar-refractivity contribution in [1.29, 1.82) is 0 Å². The van der Waals surface area contributed by atoms with Gasteiger partial charge in [0.25, 0.3) is 0 Å². The van der Waals surface area contributed by atoms with Crippen LogP contribution in [0.4, 0.5) is 0 Å². The Morgan fingerprint density at radius 2 is 2.42 bits per heavy atom. The van der Waals surface area contributed by atoms with Crippen molar-refractivity contribution in [2.24, 2.45) is 0 Å². The molecule has 0 spiro atoms. The van der Waals surface area contributed by atoms with Gasteiger partial charge in [0, 0.05) is 30.6 Å². The van der Waals surface area contributed by atoms with Crippen molar-refractivity contribution in [3.05, 3.63) is 22.7 Å². The molecule has 0 saturated carbocycles. The Morgan fingerprint density at radius 3 is 3.42 bits per heavy atom. The second kappa shape index (κ2) is 2.34. The van der Waals surface area contributed by atoms with Crippen LogP contribution in [0.3, 0.4) is 0 Å². The van der Waals surface area contributed by atoms with Crippen LogP contribution in [-0.4, -0.2) is 11.5 Å². The molecular weight excluding hydrogens is 168 g/mol. The van der Waals surface area contributed by atoms with E-state index in [4.69, 9.17) is 0 Å². The van der Waals surface area contributed by atoms with Gasteiger partial charge in [-0.15, -0.1) is 11.3 Å². The lowest BCUT2D eigenvalue weighted by molar-refractivity contribution is 0.641. The Kier molecular flexibility index (Phi) is 1.31. The van der Waals surface area contributed by atoms with Crippen molar-refractivity contribution in [2.45, 2.75) is 13.0 Å². The molecule has 12 heavy (non-hydrogen) atoms. The van der Waals surface area contributed by atoms with E-state index in [2.05, 4.69) is 21.7 Å². The minimum Gasteiger partial charge on any atom is -0.350 e. The Balaban J connectivity index is 2.34. The van der Waals surface area contributed by atoms with E-state index in [1.54, 1.807) is 11.3 Å². The minimum atomic E-state index is 1.03. The fourth-order valence-corrected chi connectivity index (χ4v) is 2.70. The van der Waals surface area contributed by atoms with Gasteiger partial charge in [0.15, 0.2) is 0 Å². The Bertz CT molecular complexity index is 413. The number of aromatic amines is 1. The molecule has 0 unspecified atom stereocenters. The van der Waals surface area contributed by atoms with Gasteiger partial charge in [-0.1, -0.05) is 0 Å². The maximum Gasteiger partial charge on any atom is 0.100 e. The molecule has 62 valence electrons. The molecule has 0 aromatic carbocycles. The number of H-pyrrole nitrogens is 1. The van der Waals surface area contributed by atoms with Crippen molar-refractivity contribution in [2.75, 3.05) is 6.54 Å². The summed E-state index contributed by atoms with van der Waals surface area (Å²) in [6.07, 6.45) is 1.15. The van der Waals surface area contributed by atoms with E-state index in [1.165, 1.54) is 21.5 Å². The fourth-order valence-electron chi connectivity index (χ4n) is 1.86. The molecule has 2 N–H and O–H groups in total. The Hall–Kier alpha value is -0.800. The number of rotatable bonds is 0. The largest absolute Gasteiger partial charge is 0.350 e. The molecule has 1 aliphatic heterocycles. The van der Waals surface area contributed by atoms with Crippen LogP contribution in [0.1, 0.15) is 11.3 Å². The quantitative estimate of drug-likeness (QED) is 0.633. The highest BCUT2D eigenvalue weighted by Crippen LogP contribution is 2.28. The summed E-state index contributed by atoms with van der Waals surface area (Å²) < 4.78 is 0. The average Bonchev–Trinajstić information content (AvgIpc) is 2.62. The Labute approximate surface area is 74.6 Å². The molecular formula is C9H10N2S. The third-order valence-electron chi connectivity index (χ3n) is 2.47. The molecule has 3 heterocycles. The van der Waals surface area contributed by atoms with Crippen molar-refractivity contribution < 1.29 is 0 Å². The Morgan fingerprint density at radius 1 is 1.42 bits per heavy atom. The van der Waals surface area contributed by atoms with Gasteiger partial charge in [0.05, 0.1) is 0 Å². The maximum atomic E-state index is 3.47. The normalized spacial score (nSPS) is 16.7. The molecule has 2 aromatic heterocycles. The van der Waals surface area contributed by atoms with Crippen LogP contribution in [0.2, 0.25) is 0 Å². The zero-order valence-corrected chi connectivity index (χ0v) is 7.50. The van der Waals surface area contributed by atoms with E-state index in [1.807, 2.05) is 0 Å². The van der Waals surface area contributed by atoms with Crippen LogP contribution in [0, 0.1) is 0 Å². The van der Waals surface area contributed by atoms with Gasteiger partial charge in [-0.25, -0.2) is 0 Å². The number of nitrogens with one attached hydrogen (secondary N) is 2. The zero-order chi connectivity index (χ0) is 7.97. The highest BCUT2D eigenvalue weighted by atomic mass is 32.1. The van der Waals surface area contributed by atoms with E-state index in [9.17, 15) is 0 Å². The van der Waals surface area contributed by atoms with Crippen molar-refractivity contribution >= 4 is 21.6 Å². The number of hydrogen-bond acceptors (Lipinski definition) is 2. The van der Waals surface area contributed by atoms with Gasteiger partial charge in [-0.3, -0.25) is 0 Å². The maximum absolute atomic E-state index is 3.47. The predicted molar refractivity (Wildman–Crippen MR) is 51.6 cm³/mol. The summed E-state index contributed by atoms with van der Waals surface area (Å²) in [7, 11) is 0. The molecule has 0 atom stereocenters. The van der Waals surface area contributed by atoms with Gasteiger partial charge >= 0.3 is 0 Å².